The van der Waals surface area contributed by atoms with Crippen LogP contribution in [0.2, 0.25) is 5.02 Å². The van der Waals surface area contributed by atoms with Gasteiger partial charge in [-0.05, 0) is 36.4 Å². The van der Waals surface area contributed by atoms with Crippen LogP contribution in [0, 0.1) is 0 Å². The summed E-state index contributed by atoms with van der Waals surface area (Å²) in [5.74, 6) is -1.35. The lowest BCUT2D eigenvalue weighted by Gasteiger charge is -2.13. The average molecular weight is 315 g/mol. The molecule has 0 bridgehead atoms. The van der Waals surface area contributed by atoms with E-state index in [-0.39, 0.29) is 6.54 Å². The molecule has 0 spiro atoms. The molecule has 22 heavy (non-hydrogen) atoms. The standard InChI is InChI=1S/C16H11ClN2O3/c17-10-5-7-11(8-6-10)18-14(20)9-19-15(21)12-3-1-2-4-13(12)16(19)22/h1-8H,9H2,(H,18,20). The van der Waals surface area contributed by atoms with Gasteiger partial charge in [-0.15, -0.1) is 0 Å². The average Bonchev–Trinajstić information content (AvgIpc) is 2.75. The van der Waals surface area contributed by atoms with Crippen molar-refractivity contribution in [2.45, 2.75) is 0 Å². The van der Waals surface area contributed by atoms with Crippen molar-refractivity contribution < 1.29 is 14.4 Å². The zero-order valence-electron chi connectivity index (χ0n) is 11.4. The SMILES string of the molecule is O=C(CN1C(=O)c2ccccc2C1=O)Nc1ccc(Cl)cc1. The van der Waals surface area contributed by atoms with Gasteiger partial charge in [-0.1, -0.05) is 23.7 Å². The van der Waals surface area contributed by atoms with Crippen LogP contribution in [0.3, 0.4) is 0 Å². The first kappa shape index (κ1) is 14.3. The number of amides is 3. The summed E-state index contributed by atoms with van der Waals surface area (Å²) in [4.78, 5) is 37.2. The van der Waals surface area contributed by atoms with Crippen molar-refractivity contribution in [3.8, 4) is 0 Å². The molecule has 1 heterocycles. The van der Waals surface area contributed by atoms with E-state index < -0.39 is 17.7 Å². The van der Waals surface area contributed by atoms with Crippen LogP contribution < -0.4 is 5.32 Å². The second-order valence-electron chi connectivity index (χ2n) is 4.80. The van der Waals surface area contributed by atoms with Crippen molar-refractivity contribution in [3.05, 3.63) is 64.7 Å². The van der Waals surface area contributed by atoms with Crippen LogP contribution in [0.4, 0.5) is 5.69 Å². The number of anilines is 1. The number of benzene rings is 2. The summed E-state index contributed by atoms with van der Waals surface area (Å²) in [7, 11) is 0. The second-order valence-corrected chi connectivity index (χ2v) is 5.23. The van der Waals surface area contributed by atoms with Gasteiger partial charge in [-0.25, -0.2) is 0 Å². The van der Waals surface area contributed by atoms with Gasteiger partial charge in [0.25, 0.3) is 11.8 Å². The zero-order chi connectivity index (χ0) is 15.7. The Morgan fingerprint density at radius 3 is 2.05 bits per heavy atom. The highest BCUT2D eigenvalue weighted by atomic mass is 35.5. The lowest BCUT2D eigenvalue weighted by molar-refractivity contribution is -0.116. The number of carbonyl (C=O) groups excluding carboxylic acids is 3. The molecular formula is C16H11ClN2O3. The Bertz CT molecular complexity index is 736. The summed E-state index contributed by atoms with van der Waals surface area (Å²) in [5, 5.41) is 3.17. The molecule has 5 nitrogen and oxygen atoms in total. The van der Waals surface area contributed by atoms with Crippen LogP contribution in [0.15, 0.2) is 48.5 Å². The van der Waals surface area contributed by atoms with E-state index in [4.69, 9.17) is 11.6 Å². The minimum Gasteiger partial charge on any atom is -0.325 e. The fourth-order valence-corrected chi connectivity index (χ4v) is 2.39. The lowest BCUT2D eigenvalue weighted by atomic mass is 10.1. The molecule has 0 saturated heterocycles. The normalized spacial score (nSPS) is 13.2. The van der Waals surface area contributed by atoms with Crippen LogP contribution >= 0.6 is 11.6 Å². The summed E-state index contributed by atoms with van der Waals surface area (Å²) in [5.41, 5.74) is 1.20. The van der Waals surface area contributed by atoms with E-state index in [0.29, 0.717) is 21.8 Å². The number of fused-ring (bicyclic) bond motifs is 1. The molecule has 2 aromatic carbocycles. The van der Waals surface area contributed by atoms with E-state index in [0.717, 1.165) is 4.90 Å². The Hall–Kier alpha value is -2.66. The van der Waals surface area contributed by atoms with Crippen molar-refractivity contribution in [2.24, 2.45) is 0 Å². The van der Waals surface area contributed by atoms with Crippen molar-refractivity contribution in [1.82, 2.24) is 4.90 Å². The van der Waals surface area contributed by atoms with Gasteiger partial charge >= 0.3 is 0 Å². The van der Waals surface area contributed by atoms with E-state index >= 15 is 0 Å². The number of hydrogen-bond acceptors (Lipinski definition) is 3. The lowest BCUT2D eigenvalue weighted by Crippen LogP contribution is -2.37. The zero-order valence-corrected chi connectivity index (χ0v) is 12.1. The maximum Gasteiger partial charge on any atom is 0.262 e. The van der Waals surface area contributed by atoms with Crippen LogP contribution in [0.25, 0.3) is 0 Å². The smallest absolute Gasteiger partial charge is 0.262 e. The predicted molar refractivity (Wildman–Crippen MR) is 81.9 cm³/mol. The number of nitrogens with one attached hydrogen (secondary N) is 1. The number of halogens is 1. The Labute approximate surface area is 131 Å². The maximum absolute atomic E-state index is 12.1. The summed E-state index contributed by atoms with van der Waals surface area (Å²) in [6, 6.07) is 13.1. The summed E-state index contributed by atoms with van der Waals surface area (Å²) in [6.45, 7) is -0.324. The topological polar surface area (TPSA) is 66.5 Å². The molecule has 1 aliphatic heterocycles. The Morgan fingerprint density at radius 1 is 0.955 bits per heavy atom. The minimum absolute atomic E-state index is 0.324. The fraction of sp³-hybridized carbons (Fsp3) is 0.0625. The quantitative estimate of drug-likeness (QED) is 0.885. The molecule has 1 N–H and O–H groups in total. The fourth-order valence-electron chi connectivity index (χ4n) is 2.26. The predicted octanol–water partition coefficient (Wildman–Crippen LogP) is 2.57. The van der Waals surface area contributed by atoms with E-state index in [1.165, 1.54) is 0 Å². The highest BCUT2D eigenvalue weighted by Crippen LogP contribution is 2.22. The highest BCUT2D eigenvalue weighted by Gasteiger charge is 2.36. The van der Waals surface area contributed by atoms with Gasteiger partial charge in [0.15, 0.2) is 0 Å². The van der Waals surface area contributed by atoms with Gasteiger partial charge in [0.05, 0.1) is 11.1 Å². The Balaban J connectivity index is 1.71. The van der Waals surface area contributed by atoms with E-state index in [2.05, 4.69) is 5.32 Å². The molecule has 0 aromatic heterocycles. The Morgan fingerprint density at radius 2 is 1.50 bits per heavy atom. The molecule has 0 aliphatic carbocycles. The number of imide groups is 1. The second kappa shape index (κ2) is 5.61. The van der Waals surface area contributed by atoms with Crippen molar-refractivity contribution in [2.75, 3.05) is 11.9 Å². The first-order valence-corrected chi connectivity index (χ1v) is 6.95. The molecule has 1 aliphatic rings. The molecule has 0 atom stereocenters. The van der Waals surface area contributed by atoms with E-state index in [9.17, 15) is 14.4 Å². The van der Waals surface area contributed by atoms with Gasteiger partial charge in [0, 0.05) is 10.7 Å². The van der Waals surface area contributed by atoms with E-state index in [1.807, 2.05) is 0 Å². The van der Waals surface area contributed by atoms with Crippen LogP contribution in [0.1, 0.15) is 20.7 Å². The molecule has 0 unspecified atom stereocenters. The number of carbonyl (C=O) groups is 3. The van der Waals surface area contributed by atoms with Crippen LogP contribution in [-0.4, -0.2) is 29.2 Å². The van der Waals surface area contributed by atoms with Gasteiger partial charge in [-0.2, -0.15) is 0 Å². The first-order chi connectivity index (χ1) is 10.6. The highest BCUT2D eigenvalue weighted by molar-refractivity contribution is 6.30. The number of hydrogen-bond donors (Lipinski definition) is 1. The molecule has 0 fully saturated rings. The van der Waals surface area contributed by atoms with Gasteiger partial charge in [0.1, 0.15) is 6.54 Å². The molecular weight excluding hydrogens is 304 g/mol. The third-order valence-corrected chi connectivity index (χ3v) is 3.56. The van der Waals surface area contributed by atoms with Crippen molar-refractivity contribution in [3.63, 3.8) is 0 Å². The monoisotopic (exact) mass is 314 g/mol. The Kier molecular flexibility index (Phi) is 3.65. The molecule has 110 valence electrons. The van der Waals surface area contributed by atoms with E-state index in [1.54, 1.807) is 48.5 Å². The van der Waals surface area contributed by atoms with Gasteiger partial charge < -0.3 is 5.32 Å². The molecule has 0 radical (unpaired) electrons. The maximum atomic E-state index is 12.1. The van der Waals surface area contributed by atoms with Crippen LogP contribution in [0.5, 0.6) is 0 Å². The van der Waals surface area contributed by atoms with Crippen molar-refractivity contribution in [1.29, 1.82) is 0 Å². The molecule has 3 amide bonds. The first-order valence-electron chi connectivity index (χ1n) is 6.57. The number of nitrogens with zero attached hydrogens (tertiary/aromatic N) is 1. The largest absolute Gasteiger partial charge is 0.325 e. The third kappa shape index (κ3) is 2.58. The molecule has 0 saturated carbocycles. The van der Waals surface area contributed by atoms with Gasteiger partial charge in [0.2, 0.25) is 5.91 Å². The molecule has 3 rings (SSSR count). The minimum atomic E-state index is -0.452. The summed E-state index contributed by atoms with van der Waals surface area (Å²) in [6.07, 6.45) is 0. The summed E-state index contributed by atoms with van der Waals surface area (Å²) < 4.78 is 0. The third-order valence-electron chi connectivity index (χ3n) is 3.31. The molecule has 2 aromatic rings. The molecule has 6 heteroatoms. The summed E-state index contributed by atoms with van der Waals surface area (Å²) >= 11 is 5.77. The van der Waals surface area contributed by atoms with Crippen molar-refractivity contribution >= 4 is 35.0 Å². The van der Waals surface area contributed by atoms with Gasteiger partial charge in [-0.3, -0.25) is 19.3 Å². The number of rotatable bonds is 3. The van der Waals surface area contributed by atoms with Crippen LogP contribution in [-0.2, 0) is 4.79 Å².